The van der Waals surface area contributed by atoms with E-state index in [0.717, 1.165) is 24.4 Å². The summed E-state index contributed by atoms with van der Waals surface area (Å²) in [6, 6.07) is 0. The molecule has 0 amide bonds. The smallest absolute Gasteiger partial charge is 0.187 e. The Morgan fingerprint density at radius 3 is 2.61 bits per heavy atom. The number of aldehydes is 1. The van der Waals surface area contributed by atoms with Crippen molar-refractivity contribution in [1.82, 2.24) is 4.98 Å². The monoisotopic (exact) mass is 292 g/mol. The molecular formula is C11H17ClN2O3S. The van der Waals surface area contributed by atoms with Crippen LogP contribution in [0.1, 0.15) is 16.1 Å². The van der Waals surface area contributed by atoms with Gasteiger partial charge in [0, 0.05) is 33.9 Å². The lowest BCUT2D eigenvalue weighted by Gasteiger charge is -2.21. The fourth-order valence-corrected chi connectivity index (χ4v) is 2.53. The van der Waals surface area contributed by atoms with Gasteiger partial charge >= 0.3 is 0 Å². The minimum atomic E-state index is 0.263. The van der Waals surface area contributed by atoms with E-state index in [0.29, 0.717) is 24.6 Å². The number of anilines is 1. The lowest BCUT2D eigenvalue weighted by atomic mass is 10.4. The standard InChI is InChI=1S/C11H17ClN2O3S/c1-16-6-3-4-14(5-7-17-2)11-13-10(12)9(8-15)18-11/h8H,3-7H2,1-2H3. The first-order chi connectivity index (χ1) is 8.72. The zero-order chi connectivity index (χ0) is 13.4. The predicted molar refractivity (Wildman–Crippen MR) is 73.1 cm³/mol. The van der Waals surface area contributed by atoms with Crippen molar-refractivity contribution in [2.45, 2.75) is 6.42 Å². The highest BCUT2D eigenvalue weighted by Crippen LogP contribution is 2.28. The second kappa shape index (κ2) is 8.42. The number of carbonyl (C=O) groups excluding carboxylic acids is 1. The molecule has 0 saturated carbocycles. The number of methoxy groups -OCH3 is 2. The second-order valence-corrected chi connectivity index (χ2v) is 4.96. The Kier molecular flexibility index (Phi) is 7.19. The minimum Gasteiger partial charge on any atom is -0.385 e. The number of rotatable bonds is 9. The summed E-state index contributed by atoms with van der Waals surface area (Å²) >= 11 is 7.16. The third kappa shape index (κ3) is 4.53. The van der Waals surface area contributed by atoms with Gasteiger partial charge in [-0.2, -0.15) is 0 Å². The number of hydrogen-bond donors (Lipinski definition) is 0. The second-order valence-electron chi connectivity index (χ2n) is 3.60. The van der Waals surface area contributed by atoms with Crippen molar-refractivity contribution in [3.63, 3.8) is 0 Å². The van der Waals surface area contributed by atoms with Crippen molar-refractivity contribution in [1.29, 1.82) is 0 Å². The van der Waals surface area contributed by atoms with Gasteiger partial charge in [-0.05, 0) is 6.42 Å². The molecule has 0 spiro atoms. The van der Waals surface area contributed by atoms with E-state index in [1.165, 1.54) is 11.3 Å². The Morgan fingerprint density at radius 1 is 1.33 bits per heavy atom. The molecule has 0 unspecified atom stereocenters. The van der Waals surface area contributed by atoms with Gasteiger partial charge in [-0.15, -0.1) is 0 Å². The molecule has 18 heavy (non-hydrogen) atoms. The predicted octanol–water partition coefficient (Wildman–Crippen LogP) is 2.10. The van der Waals surface area contributed by atoms with E-state index in [9.17, 15) is 4.79 Å². The maximum atomic E-state index is 10.8. The quantitative estimate of drug-likeness (QED) is 0.515. The molecule has 0 atom stereocenters. The minimum absolute atomic E-state index is 0.263. The van der Waals surface area contributed by atoms with Crippen LogP contribution in [-0.4, -0.2) is 51.8 Å². The third-order valence-electron chi connectivity index (χ3n) is 2.32. The molecule has 102 valence electrons. The number of aromatic nitrogens is 1. The summed E-state index contributed by atoms with van der Waals surface area (Å²) < 4.78 is 10.1. The van der Waals surface area contributed by atoms with Crippen LogP contribution in [0.3, 0.4) is 0 Å². The summed E-state index contributed by atoms with van der Waals surface area (Å²) in [5.74, 6) is 0. The van der Waals surface area contributed by atoms with E-state index in [1.54, 1.807) is 14.2 Å². The van der Waals surface area contributed by atoms with Crippen molar-refractivity contribution < 1.29 is 14.3 Å². The maximum Gasteiger partial charge on any atom is 0.187 e. The molecule has 0 aliphatic carbocycles. The molecule has 5 nitrogen and oxygen atoms in total. The molecule has 0 aromatic carbocycles. The Balaban J connectivity index is 2.69. The van der Waals surface area contributed by atoms with Gasteiger partial charge in [-0.3, -0.25) is 4.79 Å². The SMILES string of the molecule is COCCCN(CCOC)c1nc(Cl)c(C=O)s1. The van der Waals surface area contributed by atoms with Crippen LogP contribution in [0, 0.1) is 0 Å². The first-order valence-electron chi connectivity index (χ1n) is 5.57. The average molecular weight is 293 g/mol. The number of thiazole rings is 1. The van der Waals surface area contributed by atoms with Gasteiger partial charge in [-0.25, -0.2) is 4.98 Å². The molecule has 0 radical (unpaired) electrons. The van der Waals surface area contributed by atoms with E-state index in [-0.39, 0.29) is 5.15 Å². The van der Waals surface area contributed by atoms with Gasteiger partial charge in [0.15, 0.2) is 16.6 Å². The Labute approximate surface area is 116 Å². The van der Waals surface area contributed by atoms with Crippen LogP contribution in [0.4, 0.5) is 5.13 Å². The Hall–Kier alpha value is -0.690. The van der Waals surface area contributed by atoms with E-state index in [1.807, 2.05) is 4.90 Å². The average Bonchev–Trinajstić information content (AvgIpc) is 2.75. The van der Waals surface area contributed by atoms with Crippen molar-refractivity contribution in [3.8, 4) is 0 Å². The highest BCUT2D eigenvalue weighted by Gasteiger charge is 2.14. The lowest BCUT2D eigenvalue weighted by molar-refractivity contribution is 0.112. The van der Waals surface area contributed by atoms with Gasteiger partial charge in [0.1, 0.15) is 4.88 Å². The summed E-state index contributed by atoms with van der Waals surface area (Å²) in [4.78, 5) is 17.5. The number of ether oxygens (including phenoxy) is 2. The molecule has 0 bridgehead atoms. The summed E-state index contributed by atoms with van der Waals surface area (Å²) in [7, 11) is 3.32. The topological polar surface area (TPSA) is 51.7 Å². The summed E-state index contributed by atoms with van der Waals surface area (Å²) in [5, 5.41) is 1.01. The Morgan fingerprint density at radius 2 is 2.06 bits per heavy atom. The van der Waals surface area contributed by atoms with E-state index >= 15 is 0 Å². The van der Waals surface area contributed by atoms with Crippen LogP contribution in [-0.2, 0) is 9.47 Å². The molecule has 0 aliphatic rings. The molecule has 1 heterocycles. The highest BCUT2D eigenvalue weighted by molar-refractivity contribution is 7.17. The molecule has 1 aromatic heterocycles. The van der Waals surface area contributed by atoms with Crippen LogP contribution >= 0.6 is 22.9 Å². The fourth-order valence-electron chi connectivity index (χ4n) is 1.41. The van der Waals surface area contributed by atoms with Gasteiger partial charge in [0.05, 0.1) is 6.61 Å². The largest absolute Gasteiger partial charge is 0.385 e. The van der Waals surface area contributed by atoms with Crippen LogP contribution < -0.4 is 4.90 Å². The number of carbonyl (C=O) groups is 1. The zero-order valence-electron chi connectivity index (χ0n) is 10.5. The fraction of sp³-hybridized carbons (Fsp3) is 0.636. The van der Waals surface area contributed by atoms with Crippen molar-refractivity contribution in [2.24, 2.45) is 0 Å². The molecule has 7 heteroatoms. The molecular weight excluding hydrogens is 276 g/mol. The molecule has 0 saturated heterocycles. The summed E-state index contributed by atoms with van der Waals surface area (Å²) in [6.07, 6.45) is 1.61. The van der Waals surface area contributed by atoms with Crippen molar-refractivity contribution >= 4 is 34.4 Å². The van der Waals surface area contributed by atoms with Gasteiger partial charge in [0.2, 0.25) is 0 Å². The highest BCUT2D eigenvalue weighted by atomic mass is 35.5. The number of nitrogens with zero attached hydrogens (tertiary/aromatic N) is 2. The maximum absolute atomic E-state index is 10.8. The van der Waals surface area contributed by atoms with E-state index in [4.69, 9.17) is 21.1 Å². The molecule has 0 aliphatic heterocycles. The van der Waals surface area contributed by atoms with Crippen LogP contribution in [0.5, 0.6) is 0 Å². The Bertz CT molecular complexity index is 373. The third-order valence-corrected chi connectivity index (χ3v) is 3.76. The first-order valence-corrected chi connectivity index (χ1v) is 6.76. The summed E-state index contributed by atoms with van der Waals surface area (Å²) in [6.45, 7) is 2.78. The number of halogens is 1. The van der Waals surface area contributed by atoms with E-state index < -0.39 is 0 Å². The lowest BCUT2D eigenvalue weighted by Crippen LogP contribution is -2.28. The van der Waals surface area contributed by atoms with Crippen LogP contribution in [0.2, 0.25) is 5.15 Å². The normalized spacial score (nSPS) is 10.6. The molecule has 1 rings (SSSR count). The van der Waals surface area contributed by atoms with Gasteiger partial charge < -0.3 is 14.4 Å². The number of hydrogen-bond acceptors (Lipinski definition) is 6. The molecule has 0 N–H and O–H groups in total. The van der Waals surface area contributed by atoms with Crippen molar-refractivity contribution in [3.05, 3.63) is 10.0 Å². The first kappa shape index (κ1) is 15.4. The summed E-state index contributed by atoms with van der Waals surface area (Å²) in [5.41, 5.74) is 0. The molecule has 1 aromatic rings. The zero-order valence-corrected chi connectivity index (χ0v) is 12.1. The van der Waals surface area contributed by atoms with Gasteiger partial charge in [-0.1, -0.05) is 22.9 Å². The van der Waals surface area contributed by atoms with Gasteiger partial charge in [0.25, 0.3) is 0 Å². The van der Waals surface area contributed by atoms with Crippen LogP contribution in [0.25, 0.3) is 0 Å². The van der Waals surface area contributed by atoms with Crippen molar-refractivity contribution in [2.75, 3.05) is 45.4 Å². The molecule has 0 fully saturated rings. The van der Waals surface area contributed by atoms with Crippen LogP contribution in [0.15, 0.2) is 0 Å². The van der Waals surface area contributed by atoms with E-state index in [2.05, 4.69) is 4.98 Å².